The highest BCUT2D eigenvalue weighted by Gasteiger charge is 2.33. The van der Waals surface area contributed by atoms with Crippen LogP contribution in [0.2, 0.25) is 0 Å². The molecule has 1 aliphatic rings. The first-order chi connectivity index (χ1) is 11.5. The van der Waals surface area contributed by atoms with Crippen LogP contribution >= 0.6 is 0 Å². The number of sulfonamides is 1. The van der Waals surface area contributed by atoms with Gasteiger partial charge in [0.25, 0.3) is 10.0 Å². The van der Waals surface area contributed by atoms with Gasteiger partial charge in [-0.1, -0.05) is 30.3 Å². The number of methoxy groups -OCH3 is 1. The maximum Gasteiger partial charge on any atom is 0.269 e. The molecule has 2 aromatic carbocycles. The van der Waals surface area contributed by atoms with E-state index in [9.17, 15) is 12.8 Å². The standard InChI is InChI=1S/C17H17FN2O3S/c1-23-15-8-7-14(18)12-16(15)24(21,22)20-10-9-19-17(20)11-13-5-3-2-4-6-13/h2-8,12H,9-11H2,1H3. The van der Waals surface area contributed by atoms with Crippen LogP contribution in [-0.2, 0) is 16.4 Å². The fraction of sp³-hybridized carbons (Fsp3) is 0.235. The van der Waals surface area contributed by atoms with Gasteiger partial charge < -0.3 is 4.74 Å². The van der Waals surface area contributed by atoms with Crippen LogP contribution in [0.3, 0.4) is 0 Å². The van der Waals surface area contributed by atoms with Crippen LogP contribution < -0.4 is 4.74 Å². The number of rotatable bonds is 5. The molecule has 1 aliphatic heterocycles. The summed E-state index contributed by atoms with van der Waals surface area (Å²) in [4.78, 5) is 4.12. The second-order valence-electron chi connectivity index (χ2n) is 5.33. The fourth-order valence-electron chi connectivity index (χ4n) is 2.63. The minimum absolute atomic E-state index is 0.113. The second-order valence-corrected chi connectivity index (χ2v) is 7.16. The summed E-state index contributed by atoms with van der Waals surface area (Å²) in [6.07, 6.45) is 0.400. The van der Waals surface area contributed by atoms with E-state index < -0.39 is 15.8 Å². The second kappa shape index (κ2) is 6.60. The highest BCUT2D eigenvalue weighted by molar-refractivity contribution is 7.89. The van der Waals surface area contributed by atoms with E-state index in [-0.39, 0.29) is 17.2 Å². The summed E-state index contributed by atoms with van der Waals surface area (Å²) in [6.45, 7) is 0.628. The average molecular weight is 348 g/mol. The molecule has 0 radical (unpaired) electrons. The lowest BCUT2D eigenvalue weighted by molar-refractivity contribution is 0.399. The lowest BCUT2D eigenvalue weighted by Crippen LogP contribution is -2.35. The van der Waals surface area contributed by atoms with Gasteiger partial charge in [0.15, 0.2) is 0 Å². The Kier molecular flexibility index (Phi) is 4.53. The predicted molar refractivity (Wildman–Crippen MR) is 89.3 cm³/mol. The van der Waals surface area contributed by atoms with Crippen molar-refractivity contribution in [3.63, 3.8) is 0 Å². The third-order valence-electron chi connectivity index (χ3n) is 3.78. The molecule has 5 nitrogen and oxygen atoms in total. The molecule has 24 heavy (non-hydrogen) atoms. The predicted octanol–water partition coefficient (Wildman–Crippen LogP) is 2.48. The quantitative estimate of drug-likeness (QED) is 0.834. The van der Waals surface area contributed by atoms with Gasteiger partial charge >= 0.3 is 0 Å². The van der Waals surface area contributed by atoms with Gasteiger partial charge in [-0.15, -0.1) is 0 Å². The summed E-state index contributed by atoms with van der Waals surface area (Å²) in [5.74, 6) is -0.0648. The number of hydrogen-bond donors (Lipinski definition) is 0. The summed E-state index contributed by atoms with van der Waals surface area (Å²) in [7, 11) is -2.58. The van der Waals surface area contributed by atoms with Crippen molar-refractivity contribution >= 4 is 15.9 Å². The number of benzene rings is 2. The molecule has 0 amide bonds. The van der Waals surface area contributed by atoms with Gasteiger partial charge in [0.05, 0.1) is 20.2 Å². The number of aliphatic imine (C=N–C) groups is 1. The molecule has 0 saturated carbocycles. The fourth-order valence-corrected chi connectivity index (χ4v) is 4.26. The Bertz CT molecular complexity index is 867. The third kappa shape index (κ3) is 3.12. The van der Waals surface area contributed by atoms with Gasteiger partial charge in [-0.05, 0) is 23.8 Å². The first-order valence-electron chi connectivity index (χ1n) is 7.46. The van der Waals surface area contributed by atoms with Gasteiger partial charge in [0, 0.05) is 6.42 Å². The molecule has 0 spiro atoms. The molecule has 0 atom stereocenters. The molecule has 0 aromatic heterocycles. The monoisotopic (exact) mass is 348 g/mol. The molecule has 0 bridgehead atoms. The largest absolute Gasteiger partial charge is 0.495 e. The van der Waals surface area contributed by atoms with Crippen LogP contribution in [-0.4, -0.2) is 38.8 Å². The van der Waals surface area contributed by atoms with Gasteiger partial charge in [-0.25, -0.2) is 12.8 Å². The molecule has 3 rings (SSSR count). The molecule has 0 fully saturated rings. The van der Waals surface area contributed by atoms with Crippen molar-refractivity contribution < 1.29 is 17.5 Å². The van der Waals surface area contributed by atoms with Crippen LogP contribution in [0.4, 0.5) is 4.39 Å². The maximum atomic E-state index is 13.6. The minimum atomic E-state index is -3.94. The number of nitrogens with zero attached hydrogens (tertiary/aromatic N) is 2. The van der Waals surface area contributed by atoms with Gasteiger partial charge in [0.2, 0.25) is 0 Å². The van der Waals surface area contributed by atoms with Crippen molar-refractivity contribution in [2.24, 2.45) is 4.99 Å². The van der Waals surface area contributed by atoms with E-state index in [1.165, 1.54) is 23.5 Å². The molecule has 126 valence electrons. The first-order valence-corrected chi connectivity index (χ1v) is 8.90. The topological polar surface area (TPSA) is 59.0 Å². The van der Waals surface area contributed by atoms with Crippen LogP contribution in [0.15, 0.2) is 58.4 Å². The van der Waals surface area contributed by atoms with Crippen molar-refractivity contribution in [2.75, 3.05) is 20.2 Å². The zero-order valence-corrected chi connectivity index (χ0v) is 14.0. The highest BCUT2D eigenvalue weighted by atomic mass is 32.2. The number of halogens is 1. The average Bonchev–Trinajstić information content (AvgIpc) is 3.04. The smallest absolute Gasteiger partial charge is 0.269 e. The van der Waals surface area contributed by atoms with Crippen molar-refractivity contribution in [3.8, 4) is 5.75 Å². The summed E-state index contributed by atoms with van der Waals surface area (Å²) >= 11 is 0. The lowest BCUT2D eigenvalue weighted by atomic mass is 10.1. The Balaban J connectivity index is 1.95. The minimum Gasteiger partial charge on any atom is -0.495 e. The van der Waals surface area contributed by atoms with Crippen molar-refractivity contribution in [1.82, 2.24) is 4.31 Å². The molecule has 0 saturated heterocycles. The summed E-state index contributed by atoms with van der Waals surface area (Å²) in [6, 6.07) is 13.0. The van der Waals surface area contributed by atoms with Crippen molar-refractivity contribution in [1.29, 1.82) is 0 Å². The zero-order valence-electron chi connectivity index (χ0n) is 13.1. The molecular weight excluding hydrogens is 331 g/mol. The summed E-state index contributed by atoms with van der Waals surface area (Å²) in [5.41, 5.74) is 0.963. The Hall–Kier alpha value is -2.41. The number of amidine groups is 1. The van der Waals surface area contributed by atoms with E-state index in [2.05, 4.69) is 4.99 Å². The van der Waals surface area contributed by atoms with Crippen molar-refractivity contribution in [2.45, 2.75) is 11.3 Å². The van der Waals surface area contributed by atoms with Gasteiger partial charge in [-0.3, -0.25) is 9.30 Å². The Morgan fingerprint density at radius 2 is 1.96 bits per heavy atom. The van der Waals surface area contributed by atoms with Crippen LogP contribution in [0.5, 0.6) is 5.75 Å². The Morgan fingerprint density at radius 1 is 1.21 bits per heavy atom. The normalized spacial score (nSPS) is 14.6. The van der Waals surface area contributed by atoms with E-state index in [1.54, 1.807) is 0 Å². The SMILES string of the molecule is COc1ccc(F)cc1S(=O)(=O)N1CCN=C1Cc1ccccc1. The molecule has 0 unspecified atom stereocenters. The van der Waals surface area contributed by atoms with E-state index in [0.29, 0.717) is 18.8 Å². The molecule has 1 heterocycles. The van der Waals surface area contributed by atoms with Crippen LogP contribution in [0.25, 0.3) is 0 Å². The zero-order chi connectivity index (χ0) is 17.2. The molecular formula is C17H17FN2O3S. The molecule has 2 aromatic rings. The maximum absolute atomic E-state index is 13.6. The highest BCUT2D eigenvalue weighted by Crippen LogP contribution is 2.29. The van der Waals surface area contributed by atoms with E-state index in [4.69, 9.17) is 4.74 Å². The van der Waals surface area contributed by atoms with E-state index >= 15 is 0 Å². The third-order valence-corrected chi connectivity index (χ3v) is 5.63. The van der Waals surface area contributed by atoms with Gasteiger partial charge in [0.1, 0.15) is 22.3 Å². The van der Waals surface area contributed by atoms with E-state index in [0.717, 1.165) is 11.6 Å². The van der Waals surface area contributed by atoms with Crippen LogP contribution in [0, 0.1) is 5.82 Å². The lowest BCUT2D eigenvalue weighted by Gasteiger charge is -2.21. The Labute approximate surface area is 140 Å². The number of ether oxygens (including phenoxy) is 1. The number of hydrogen-bond acceptors (Lipinski definition) is 4. The summed E-state index contributed by atoms with van der Waals surface area (Å²) < 4.78 is 45.8. The van der Waals surface area contributed by atoms with Crippen molar-refractivity contribution in [3.05, 3.63) is 59.9 Å². The molecule has 7 heteroatoms. The molecule has 0 aliphatic carbocycles. The summed E-state index contributed by atoms with van der Waals surface area (Å²) in [5, 5.41) is 0. The van der Waals surface area contributed by atoms with Gasteiger partial charge in [-0.2, -0.15) is 0 Å². The first kappa shape index (κ1) is 16.4. The van der Waals surface area contributed by atoms with Crippen LogP contribution in [0.1, 0.15) is 5.56 Å². The Morgan fingerprint density at radius 3 is 2.67 bits per heavy atom. The van der Waals surface area contributed by atoms with E-state index in [1.807, 2.05) is 30.3 Å². The molecule has 0 N–H and O–H groups in total.